The zero-order valence-electron chi connectivity index (χ0n) is 9.54. The standard InChI is InChI=1S/C12H20N2/c1-9-5-6-11(10(2)8-13)7-12(9)14(3)4/h5-7,10H,8,13H2,1-4H3. The summed E-state index contributed by atoms with van der Waals surface area (Å²) >= 11 is 0. The molecule has 0 aliphatic rings. The van der Waals surface area contributed by atoms with Crippen molar-refractivity contribution in [3.8, 4) is 0 Å². The fraction of sp³-hybridized carbons (Fsp3) is 0.500. The van der Waals surface area contributed by atoms with Gasteiger partial charge in [-0.15, -0.1) is 0 Å². The van der Waals surface area contributed by atoms with Gasteiger partial charge < -0.3 is 10.6 Å². The number of hydrogen-bond donors (Lipinski definition) is 1. The van der Waals surface area contributed by atoms with Crippen molar-refractivity contribution >= 4 is 5.69 Å². The minimum Gasteiger partial charge on any atom is -0.377 e. The number of benzene rings is 1. The molecule has 0 saturated heterocycles. The van der Waals surface area contributed by atoms with E-state index >= 15 is 0 Å². The van der Waals surface area contributed by atoms with E-state index in [2.05, 4.69) is 51.0 Å². The fourth-order valence-corrected chi connectivity index (χ4v) is 1.55. The Labute approximate surface area is 86.7 Å². The lowest BCUT2D eigenvalue weighted by molar-refractivity contribution is 0.773. The summed E-state index contributed by atoms with van der Waals surface area (Å²) in [5, 5.41) is 0. The highest BCUT2D eigenvalue weighted by molar-refractivity contribution is 5.54. The van der Waals surface area contributed by atoms with Gasteiger partial charge in [-0.1, -0.05) is 19.1 Å². The molecule has 0 aliphatic heterocycles. The molecule has 0 amide bonds. The molecule has 1 atom stereocenters. The Kier molecular flexibility index (Phi) is 3.53. The summed E-state index contributed by atoms with van der Waals surface area (Å²) in [5.41, 5.74) is 9.56. The van der Waals surface area contributed by atoms with E-state index in [1.54, 1.807) is 0 Å². The number of nitrogens with zero attached hydrogens (tertiary/aromatic N) is 1. The molecule has 0 fully saturated rings. The van der Waals surface area contributed by atoms with Gasteiger partial charge in [-0.05, 0) is 36.6 Å². The summed E-state index contributed by atoms with van der Waals surface area (Å²) in [6.45, 7) is 4.99. The highest BCUT2D eigenvalue weighted by Crippen LogP contribution is 2.23. The highest BCUT2D eigenvalue weighted by Gasteiger charge is 2.06. The third kappa shape index (κ3) is 2.26. The molecule has 0 spiro atoms. The van der Waals surface area contributed by atoms with Crippen LogP contribution in [-0.2, 0) is 0 Å². The molecular formula is C12H20N2. The Balaban J connectivity index is 3.06. The van der Waals surface area contributed by atoms with Gasteiger partial charge in [-0.25, -0.2) is 0 Å². The van der Waals surface area contributed by atoms with E-state index in [4.69, 9.17) is 5.73 Å². The first-order valence-corrected chi connectivity index (χ1v) is 5.04. The van der Waals surface area contributed by atoms with E-state index in [0.29, 0.717) is 12.5 Å². The van der Waals surface area contributed by atoms with Crippen molar-refractivity contribution in [2.75, 3.05) is 25.5 Å². The monoisotopic (exact) mass is 192 g/mol. The van der Waals surface area contributed by atoms with Crippen LogP contribution in [0, 0.1) is 6.92 Å². The van der Waals surface area contributed by atoms with E-state index in [1.165, 1.54) is 16.8 Å². The van der Waals surface area contributed by atoms with Crippen molar-refractivity contribution in [1.82, 2.24) is 0 Å². The van der Waals surface area contributed by atoms with Gasteiger partial charge in [-0.3, -0.25) is 0 Å². The second kappa shape index (κ2) is 4.47. The molecule has 1 unspecified atom stereocenters. The van der Waals surface area contributed by atoms with Gasteiger partial charge in [0.05, 0.1) is 0 Å². The molecule has 2 heteroatoms. The minimum absolute atomic E-state index is 0.439. The summed E-state index contributed by atoms with van der Waals surface area (Å²) in [6.07, 6.45) is 0. The molecule has 78 valence electrons. The summed E-state index contributed by atoms with van der Waals surface area (Å²) in [7, 11) is 4.14. The summed E-state index contributed by atoms with van der Waals surface area (Å²) in [4.78, 5) is 2.14. The third-order valence-electron chi connectivity index (χ3n) is 2.64. The molecule has 1 aromatic carbocycles. The van der Waals surface area contributed by atoms with Crippen LogP contribution >= 0.6 is 0 Å². The lowest BCUT2D eigenvalue weighted by atomic mass is 9.99. The quantitative estimate of drug-likeness (QED) is 0.795. The van der Waals surface area contributed by atoms with E-state index in [0.717, 1.165) is 0 Å². The van der Waals surface area contributed by atoms with Gasteiger partial charge in [0.25, 0.3) is 0 Å². The largest absolute Gasteiger partial charge is 0.377 e. The van der Waals surface area contributed by atoms with Crippen molar-refractivity contribution in [3.63, 3.8) is 0 Å². The Morgan fingerprint density at radius 1 is 1.36 bits per heavy atom. The molecule has 0 radical (unpaired) electrons. The molecule has 1 rings (SSSR count). The first-order valence-electron chi connectivity index (χ1n) is 5.04. The zero-order chi connectivity index (χ0) is 10.7. The maximum Gasteiger partial charge on any atom is 0.0393 e. The van der Waals surface area contributed by atoms with E-state index in [-0.39, 0.29) is 0 Å². The summed E-state index contributed by atoms with van der Waals surface area (Å²) in [6, 6.07) is 6.56. The smallest absolute Gasteiger partial charge is 0.0393 e. The average Bonchev–Trinajstić information content (AvgIpc) is 2.17. The number of anilines is 1. The van der Waals surface area contributed by atoms with Crippen LogP contribution in [0.4, 0.5) is 5.69 Å². The summed E-state index contributed by atoms with van der Waals surface area (Å²) in [5.74, 6) is 0.439. The van der Waals surface area contributed by atoms with E-state index in [9.17, 15) is 0 Å². The van der Waals surface area contributed by atoms with Crippen molar-refractivity contribution < 1.29 is 0 Å². The molecule has 0 saturated carbocycles. The molecular weight excluding hydrogens is 172 g/mol. The second-order valence-electron chi connectivity index (χ2n) is 4.08. The average molecular weight is 192 g/mol. The first-order chi connectivity index (χ1) is 6.56. The van der Waals surface area contributed by atoms with Gasteiger partial charge >= 0.3 is 0 Å². The minimum atomic E-state index is 0.439. The van der Waals surface area contributed by atoms with Crippen LogP contribution in [0.1, 0.15) is 24.0 Å². The van der Waals surface area contributed by atoms with E-state index in [1.807, 2.05) is 0 Å². The van der Waals surface area contributed by atoms with Crippen LogP contribution < -0.4 is 10.6 Å². The van der Waals surface area contributed by atoms with E-state index < -0.39 is 0 Å². The number of hydrogen-bond acceptors (Lipinski definition) is 2. The Bertz CT molecular complexity index is 305. The summed E-state index contributed by atoms with van der Waals surface area (Å²) < 4.78 is 0. The maximum atomic E-state index is 5.65. The van der Waals surface area contributed by atoms with Crippen molar-refractivity contribution in [2.45, 2.75) is 19.8 Å². The molecule has 0 bridgehead atoms. The number of rotatable bonds is 3. The molecule has 1 aromatic rings. The van der Waals surface area contributed by atoms with Crippen LogP contribution in [0.15, 0.2) is 18.2 Å². The van der Waals surface area contributed by atoms with Gasteiger partial charge in [-0.2, -0.15) is 0 Å². The normalized spacial score (nSPS) is 12.6. The molecule has 0 heterocycles. The second-order valence-corrected chi connectivity index (χ2v) is 4.08. The van der Waals surface area contributed by atoms with Gasteiger partial charge in [0.15, 0.2) is 0 Å². The molecule has 0 aromatic heterocycles. The topological polar surface area (TPSA) is 29.3 Å². The van der Waals surface area contributed by atoms with Crippen LogP contribution in [-0.4, -0.2) is 20.6 Å². The predicted octanol–water partition coefficient (Wildman–Crippen LogP) is 2.12. The van der Waals surface area contributed by atoms with Crippen LogP contribution in [0.5, 0.6) is 0 Å². The number of aryl methyl sites for hydroxylation is 1. The first kappa shape index (κ1) is 11.1. The molecule has 2 nitrogen and oxygen atoms in total. The maximum absolute atomic E-state index is 5.65. The third-order valence-corrected chi connectivity index (χ3v) is 2.64. The van der Waals surface area contributed by atoms with Gasteiger partial charge in [0, 0.05) is 19.8 Å². The lowest BCUT2D eigenvalue weighted by Gasteiger charge is -2.18. The van der Waals surface area contributed by atoms with Crippen LogP contribution in [0.2, 0.25) is 0 Å². The SMILES string of the molecule is Cc1ccc(C(C)CN)cc1N(C)C. The Morgan fingerprint density at radius 2 is 2.00 bits per heavy atom. The van der Waals surface area contributed by atoms with Crippen molar-refractivity contribution in [1.29, 1.82) is 0 Å². The highest BCUT2D eigenvalue weighted by atomic mass is 15.1. The predicted molar refractivity (Wildman–Crippen MR) is 63.0 cm³/mol. The van der Waals surface area contributed by atoms with Gasteiger partial charge in [0.2, 0.25) is 0 Å². The van der Waals surface area contributed by atoms with Crippen LogP contribution in [0.3, 0.4) is 0 Å². The van der Waals surface area contributed by atoms with Crippen molar-refractivity contribution in [3.05, 3.63) is 29.3 Å². The van der Waals surface area contributed by atoms with Crippen LogP contribution in [0.25, 0.3) is 0 Å². The fourth-order valence-electron chi connectivity index (χ4n) is 1.55. The van der Waals surface area contributed by atoms with Gasteiger partial charge in [0.1, 0.15) is 0 Å². The molecule has 14 heavy (non-hydrogen) atoms. The molecule has 2 N–H and O–H groups in total. The zero-order valence-corrected chi connectivity index (χ0v) is 9.54. The molecule has 0 aliphatic carbocycles. The Hall–Kier alpha value is -1.02. The van der Waals surface area contributed by atoms with Crippen molar-refractivity contribution in [2.24, 2.45) is 5.73 Å². The lowest BCUT2D eigenvalue weighted by Crippen LogP contribution is -2.13. The Morgan fingerprint density at radius 3 is 2.50 bits per heavy atom. The number of nitrogens with two attached hydrogens (primary N) is 1.